The van der Waals surface area contributed by atoms with Gasteiger partial charge in [0, 0.05) is 13.6 Å². The van der Waals surface area contributed by atoms with Crippen molar-refractivity contribution in [3.05, 3.63) is 54.1 Å². The van der Waals surface area contributed by atoms with Gasteiger partial charge in [-0.15, -0.1) is 0 Å². The van der Waals surface area contributed by atoms with Crippen molar-refractivity contribution in [1.82, 2.24) is 4.72 Å². The van der Waals surface area contributed by atoms with E-state index in [0.29, 0.717) is 24.5 Å². The molecule has 3 rings (SSSR count). The molecule has 1 amide bonds. The number of sulfonamides is 1. The number of hydrogen-bond donors (Lipinski definition) is 1. The van der Waals surface area contributed by atoms with E-state index in [4.69, 9.17) is 4.74 Å². The standard InChI is InChI=1S/C17H18N2O4S/c1-19-15-11-13(7-8-16(15)23-10-9-17(19)20)12-18-24(21,22)14-5-3-2-4-6-14/h2-8,11,18H,9-10,12H2,1H3. The van der Waals surface area contributed by atoms with Gasteiger partial charge in [-0.05, 0) is 29.8 Å². The van der Waals surface area contributed by atoms with Gasteiger partial charge >= 0.3 is 0 Å². The lowest BCUT2D eigenvalue weighted by Gasteiger charge is -2.17. The number of benzene rings is 2. The molecule has 2 aromatic carbocycles. The number of amides is 1. The molecule has 0 aromatic heterocycles. The summed E-state index contributed by atoms with van der Waals surface area (Å²) in [5.41, 5.74) is 1.40. The van der Waals surface area contributed by atoms with E-state index in [9.17, 15) is 13.2 Å². The number of rotatable bonds is 4. The zero-order chi connectivity index (χ0) is 17.2. The molecule has 126 valence electrons. The van der Waals surface area contributed by atoms with Gasteiger partial charge in [0.15, 0.2) is 0 Å². The minimum atomic E-state index is -3.57. The molecule has 1 heterocycles. The summed E-state index contributed by atoms with van der Waals surface area (Å²) in [6.45, 7) is 0.475. The van der Waals surface area contributed by atoms with Crippen LogP contribution in [-0.4, -0.2) is 28.0 Å². The van der Waals surface area contributed by atoms with Crippen LogP contribution >= 0.6 is 0 Å². The summed E-state index contributed by atoms with van der Waals surface area (Å²) in [7, 11) is -1.88. The van der Waals surface area contributed by atoms with Crippen molar-refractivity contribution in [2.75, 3.05) is 18.6 Å². The molecule has 7 heteroatoms. The maximum atomic E-state index is 12.3. The van der Waals surface area contributed by atoms with Gasteiger partial charge in [-0.2, -0.15) is 0 Å². The van der Waals surface area contributed by atoms with Crippen LogP contribution < -0.4 is 14.4 Å². The van der Waals surface area contributed by atoms with E-state index in [2.05, 4.69) is 4.72 Å². The fourth-order valence-corrected chi connectivity index (χ4v) is 3.51. The summed E-state index contributed by atoms with van der Waals surface area (Å²) in [5, 5.41) is 0. The molecule has 24 heavy (non-hydrogen) atoms. The maximum Gasteiger partial charge on any atom is 0.240 e. The van der Waals surface area contributed by atoms with E-state index >= 15 is 0 Å². The number of fused-ring (bicyclic) bond motifs is 1. The molecule has 0 fully saturated rings. The first-order chi connectivity index (χ1) is 11.5. The lowest BCUT2D eigenvalue weighted by molar-refractivity contribution is -0.118. The molecular formula is C17H18N2O4S. The van der Waals surface area contributed by atoms with Gasteiger partial charge in [-0.1, -0.05) is 24.3 Å². The third-order valence-electron chi connectivity index (χ3n) is 3.85. The molecule has 0 radical (unpaired) electrons. The fraction of sp³-hybridized carbons (Fsp3) is 0.235. The van der Waals surface area contributed by atoms with Crippen molar-refractivity contribution in [1.29, 1.82) is 0 Å². The number of ether oxygens (including phenoxy) is 1. The molecule has 0 aliphatic carbocycles. The Kier molecular flexibility index (Phi) is 4.55. The average molecular weight is 346 g/mol. The molecular weight excluding hydrogens is 328 g/mol. The molecule has 0 bridgehead atoms. The highest BCUT2D eigenvalue weighted by Gasteiger charge is 2.20. The van der Waals surface area contributed by atoms with E-state index in [1.165, 1.54) is 4.90 Å². The Labute approximate surface area is 141 Å². The van der Waals surface area contributed by atoms with Gasteiger partial charge < -0.3 is 9.64 Å². The maximum absolute atomic E-state index is 12.3. The Morgan fingerprint density at radius 2 is 1.92 bits per heavy atom. The molecule has 0 spiro atoms. The average Bonchev–Trinajstić information content (AvgIpc) is 2.73. The first-order valence-corrected chi connectivity index (χ1v) is 9.03. The number of nitrogens with zero attached hydrogens (tertiary/aromatic N) is 1. The molecule has 1 aliphatic heterocycles. The van der Waals surface area contributed by atoms with Crippen LogP contribution in [0, 0.1) is 0 Å². The van der Waals surface area contributed by atoms with Gasteiger partial charge in [0.25, 0.3) is 0 Å². The highest BCUT2D eigenvalue weighted by Crippen LogP contribution is 2.31. The number of hydrogen-bond acceptors (Lipinski definition) is 4. The van der Waals surface area contributed by atoms with Crippen LogP contribution in [-0.2, 0) is 21.4 Å². The zero-order valence-electron chi connectivity index (χ0n) is 13.2. The number of nitrogens with one attached hydrogen (secondary N) is 1. The Hall–Kier alpha value is -2.38. The second-order valence-electron chi connectivity index (χ2n) is 5.49. The molecule has 0 saturated heterocycles. The Morgan fingerprint density at radius 3 is 2.67 bits per heavy atom. The van der Waals surface area contributed by atoms with Gasteiger partial charge in [0.05, 0.1) is 23.6 Å². The predicted molar refractivity (Wildman–Crippen MR) is 90.4 cm³/mol. The second kappa shape index (κ2) is 6.62. The van der Waals surface area contributed by atoms with Gasteiger partial charge in [0.2, 0.25) is 15.9 Å². The van der Waals surface area contributed by atoms with Gasteiger partial charge in [0.1, 0.15) is 5.75 Å². The second-order valence-corrected chi connectivity index (χ2v) is 7.26. The quantitative estimate of drug-likeness (QED) is 0.918. The SMILES string of the molecule is CN1C(=O)CCOc2ccc(CNS(=O)(=O)c3ccccc3)cc21. The van der Waals surface area contributed by atoms with E-state index in [1.54, 1.807) is 55.6 Å². The molecule has 1 N–H and O–H groups in total. The van der Waals surface area contributed by atoms with Crippen molar-refractivity contribution in [3.63, 3.8) is 0 Å². The van der Waals surface area contributed by atoms with E-state index in [0.717, 1.165) is 5.56 Å². The molecule has 0 saturated carbocycles. The summed E-state index contributed by atoms with van der Waals surface area (Å²) < 4.78 is 32.7. The van der Waals surface area contributed by atoms with E-state index in [1.807, 2.05) is 0 Å². The summed E-state index contributed by atoms with van der Waals surface area (Å²) in [4.78, 5) is 13.7. The van der Waals surface area contributed by atoms with Crippen molar-refractivity contribution < 1.29 is 17.9 Å². The zero-order valence-corrected chi connectivity index (χ0v) is 14.0. The lowest BCUT2D eigenvalue weighted by atomic mass is 10.1. The van der Waals surface area contributed by atoms with Crippen LogP contribution in [0.1, 0.15) is 12.0 Å². The Balaban J connectivity index is 1.80. The van der Waals surface area contributed by atoms with Crippen molar-refractivity contribution in [3.8, 4) is 5.75 Å². The van der Waals surface area contributed by atoms with Crippen molar-refractivity contribution in [2.24, 2.45) is 0 Å². The summed E-state index contributed by atoms with van der Waals surface area (Å²) in [5.74, 6) is 0.591. The third kappa shape index (κ3) is 3.42. The molecule has 1 aliphatic rings. The molecule has 0 atom stereocenters. The summed E-state index contributed by atoms with van der Waals surface area (Å²) in [6, 6.07) is 13.5. The first-order valence-electron chi connectivity index (χ1n) is 7.54. The number of carbonyl (C=O) groups is 1. The number of anilines is 1. The smallest absolute Gasteiger partial charge is 0.240 e. The van der Waals surface area contributed by atoms with Crippen molar-refractivity contribution in [2.45, 2.75) is 17.9 Å². The van der Waals surface area contributed by atoms with E-state index in [-0.39, 0.29) is 17.3 Å². The lowest BCUT2D eigenvalue weighted by Crippen LogP contribution is -2.26. The highest BCUT2D eigenvalue weighted by atomic mass is 32.2. The van der Waals surface area contributed by atoms with Crippen LogP contribution in [0.3, 0.4) is 0 Å². The minimum absolute atomic E-state index is 0.0317. The molecule has 0 unspecified atom stereocenters. The van der Waals surface area contributed by atoms with Crippen LogP contribution in [0.25, 0.3) is 0 Å². The minimum Gasteiger partial charge on any atom is -0.491 e. The topological polar surface area (TPSA) is 75.7 Å². The van der Waals surface area contributed by atoms with Crippen LogP contribution in [0.2, 0.25) is 0 Å². The van der Waals surface area contributed by atoms with Crippen LogP contribution in [0.5, 0.6) is 5.75 Å². The largest absolute Gasteiger partial charge is 0.491 e. The van der Waals surface area contributed by atoms with Crippen LogP contribution in [0.15, 0.2) is 53.4 Å². The first kappa shape index (κ1) is 16.5. The Morgan fingerprint density at radius 1 is 1.17 bits per heavy atom. The van der Waals surface area contributed by atoms with Crippen LogP contribution in [0.4, 0.5) is 5.69 Å². The Bertz CT molecular complexity index is 850. The van der Waals surface area contributed by atoms with E-state index < -0.39 is 10.0 Å². The predicted octanol–water partition coefficient (Wildman–Crippen LogP) is 1.91. The normalized spacial score (nSPS) is 14.7. The van der Waals surface area contributed by atoms with Crippen molar-refractivity contribution >= 4 is 21.6 Å². The number of carbonyl (C=O) groups excluding carboxylic acids is 1. The summed E-state index contributed by atoms with van der Waals surface area (Å²) in [6.07, 6.45) is 0.321. The fourth-order valence-electron chi connectivity index (χ4n) is 2.47. The monoisotopic (exact) mass is 346 g/mol. The highest BCUT2D eigenvalue weighted by molar-refractivity contribution is 7.89. The summed E-state index contributed by atoms with van der Waals surface area (Å²) >= 11 is 0. The molecule has 2 aromatic rings. The van der Waals surface area contributed by atoms with Gasteiger partial charge in [-0.25, -0.2) is 13.1 Å². The third-order valence-corrected chi connectivity index (χ3v) is 5.27. The molecule has 6 nitrogen and oxygen atoms in total. The van der Waals surface area contributed by atoms with Gasteiger partial charge in [-0.3, -0.25) is 4.79 Å².